The number of carbonyl (C=O) groups is 2. The minimum Gasteiger partial charge on any atom is -0.481 e. The predicted octanol–water partition coefficient (Wildman–Crippen LogP) is 2.71. The summed E-state index contributed by atoms with van der Waals surface area (Å²) in [5, 5.41) is 11.7. The summed E-state index contributed by atoms with van der Waals surface area (Å²) in [6.07, 6.45) is 3.23. The second-order valence-corrected chi connectivity index (χ2v) is 6.38. The van der Waals surface area contributed by atoms with Crippen LogP contribution in [0.3, 0.4) is 0 Å². The van der Waals surface area contributed by atoms with Crippen molar-refractivity contribution in [2.24, 2.45) is 5.92 Å². The molecular formula is C17H21FN2O3. The number of urea groups is 1. The van der Waals surface area contributed by atoms with E-state index in [0.717, 1.165) is 18.4 Å². The van der Waals surface area contributed by atoms with Gasteiger partial charge in [0.15, 0.2) is 0 Å². The monoisotopic (exact) mass is 320 g/mol. The number of nitrogens with one attached hydrogen (secondary N) is 1. The van der Waals surface area contributed by atoms with Gasteiger partial charge in [-0.3, -0.25) is 4.79 Å². The topological polar surface area (TPSA) is 69.6 Å². The molecule has 2 aliphatic rings. The fourth-order valence-electron chi connectivity index (χ4n) is 3.01. The Bertz CT molecular complexity index is 608. The van der Waals surface area contributed by atoms with E-state index in [2.05, 4.69) is 5.32 Å². The van der Waals surface area contributed by atoms with Gasteiger partial charge >= 0.3 is 12.0 Å². The maximum absolute atomic E-state index is 13.9. The number of benzene rings is 1. The Morgan fingerprint density at radius 1 is 1.22 bits per heavy atom. The Morgan fingerprint density at radius 2 is 1.91 bits per heavy atom. The molecule has 0 radical (unpaired) electrons. The smallest absolute Gasteiger partial charge is 0.317 e. The van der Waals surface area contributed by atoms with Crippen LogP contribution in [0.1, 0.15) is 42.7 Å². The van der Waals surface area contributed by atoms with Gasteiger partial charge in [-0.2, -0.15) is 0 Å². The first-order valence-corrected chi connectivity index (χ1v) is 8.08. The van der Waals surface area contributed by atoms with Crippen LogP contribution in [0, 0.1) is 11.7 Å². The van der Waals surface area contributed by atoms with Gasteiger partial charge in [0.25, 0.3) is 0 Å². The predicted molar refractivity (Wildman–Crippen MR) is 82.5 cm³/mol. The molecule has 6 heteroatoms. The number of halogens is 1. The lowest BCUT2D eigenvalue weighted by Crippen LogP contribution is -2.45. The molecule has 0 unspecified atom stereocenters. The van der Waals surface area contributed by atoms with Gasteiger partial charge in [-0.15, -0.1) is 0 Å². The molecule has 0 bridgehead atoms. The Labute approximate surface area is 134 Å². The first-order chi connectivity index (χ1) is 11.0. The minimum absolute atomic E-state index is 0.157. The molecular weight excluding hydrogens is 299 g/mol. The van der Waals surface area contributed by atoms with E-state index in [1.54, 1.807) is 4.90 Å². The number of carboxylic acids is 1. The molecule has 124 valence electrons. The zero-order chi connectivity index (χ0) is 16.4. The summed E-state index contributed by atoms with van der Waals surface area (Å²) < 4.78 is 13.9. The van der Waals surface area contributed by atoms with E-state index < -0.39 is 5.97 Å². The molecule has 2 N–H and O–H groups in total. The van der Waals surface area contributed by atoms with E-state index in [-0.39, 0.29) is 24.3 Å². The fraction of sp³-hybridized carbons (Fsp3) is 0.529. The summed E-state index contributed by atoms with van der Waals surface area (Å²) in [7, 11) is 0. The van der Waals surface area contributed by atoms with Crippen LogP contribution in [0.2, 0.25) is 0 Å². The summed E-state index contributed by atoms with van der Waals surface area (Å²) in [6.45, 7) is 1.00. The molecule has 1 aliphatic carbocycles. The van der Waals surface area contributed by atoms with Crippen LogP contribution in [0.4, 0.5) is 9.18 Å². The number of carboxylic acid groups (broad SMARTS) is 1. The summed E-state index contributed by atoms with van der Waals surface area (Å²) in [5.41, 5.74) is 1.64. The van der Waals surface area contributed by atoms with Crippen molar-refractivity contribution in [2.75, 3.05) is 13.1 Å². The van der Waals surface area contributed by atoms with Gasteiger partial charge in [0.2, 0.25) is 0 Å². The zero-order valence-corrected chi connectivity index (χ0v) is 12.9. The van der Waals surface area contributed by atoms with Crippen LogP contribution in [0.25, 0.3) is 0 Å². The summed E-state index contributed by atoms with van der Waals surface area (Å²) in [5.74, 6) is -0.935. The SMILES string of the molecule is O=C(O)C1CCN(C(=O)NCc2cc(C3CC3)ccc2F)CC1. The molecule has 1 saturated carbocycles. The number of carbonyl (C=O) groups excluding carboxylic acids is 1. The molecule has 1 heterocycles. The van der Waals surface area contributed by atoms with Crippen molar-refractivity contribution in [2.45, 2.75) is 38.1 Å². The van der Waals surface area contributed by atoms with Crippen LogP contribution in [-0.4, -0.2) is 35.1 Å². The van der Waals surface area contributed by atoms with Crippen molar-refractivity contribution in [1.82, 2.24) is 10.2 Å². The van der Waals surface area contributed by atoms with Crippen LogP contribution in [0.15, 0.2) is 18.2 Å². The number of hydrogen-bond donors (Lipinski definition) is 2. The van der Waals surface area contributed by atoms with Gasteiger partial charge in [-0.25, -0.2) is 9.18 Å². The van der Waals surface area contributed by atoms with Crippen LogP contribution in [-0.2, 0) is 11.3 Å². The third-order valence-corrected chi connectivity index (χ3v) is 4.68. The van der Waals surface area contributed by atoms with E-state index in [1.807, 2.05) is 12.1 Å². The first-order valence-electron chi connectivity index (χ1n) is 8.08. The first kappa shape index (κ1) is 15.8. The van der Waals surface area contributed by atoms with E-state index in [1.165, 1.54) is 6.07 Å². The second kappa shape index (κ2) is 6.56. The maximum Gasteiger partial charge on any atom is 0.317 e. The number of hydrogen-bond acceptors (Lipinski definition) is 2. The lowest BCUT2D eigenvalue weighted by Gasteiger charge is -2.30. The van der Waals surface area contributed by atoms with Gasteiger partial charge < -0.3 is 15.3 Å². The number of rotatable bonds is 4. The number of nitrogens with zero attached hydrogens (tertiary/aromatic N) is 1. The quantitative estimate of drug-likeness (QED) is 0.896. The molecule has 1 aliphatic heterocycles. The van der Waals surface area contributed by atoms with Crippen molar-refractivity contribution >= 4 is 12.0 Å². The largest absolute Gasteiger partial charge is 0.481 e. The van der Waals surface area contributed by atoms with Crippen LogP contribution >= 0.6 is 0 Å². The molecule has 1 aromatic rings. The standard InChI is InChI=1S/C17H21FN2O3/c18-15-4-3-13(11-1-2-11)9-14(15)10-19-17(23)20-7-5-12(6-8-20)16(21)22/h3-4,9,11-12H,1-2,5-8,10H2,(H,19,23)(H,21,22). The molecule has 0 aromatic heterocycles. The molecule has 0 spiro atoms. The lowest BCUT2D eigenvalue weighted by molar-refractivity contribution is -0.143. The molecule has 1 aromatic carbocycles. The highest BCUT2D eigenvalue weighted by atomic mass is 19.1. The number of aliphatic carboxylic acids is 1. The number of piperidine rings is 1. The van der Waals surface area contributed by atoms with E-state index >= 15 is 0 Å². The average Bonchev–Trinajstić information content (AvgIpc) is 3.39. The van der Waals surface area contributed by atoms with E-state index in [9.17, 15) is 14.0 Å². The van der Waals surface area contributed by atoms with Crippen molar-refractivity contribution in [3.8, 4) is 0 Å². The minimum atomic E-state index is -0.802. The Kier molecular flexibility index (Phi) is 4.50. The third kappa shape index (κ3) is 3.81. The van der Waals surface area contributed by atoms with Crippen LogP contribution < -0.4 is 5.32 Å². The third-order valence-electron chi connectivity index (χ3n) is 4.68. The highest BCUT2D eigenvalue weighted by Gasteiger charge is 2.27. The highest BCUT2D eigenvalue weighted by molar-refractivity contribution is 5.75. The molecule has 2 amide bonds. The van der Waals surface area contributed by atoms with Gasteiger partial charge in [0.1, 0.15) is 5.82 Å². The normalized spacial score (nSPS) is 18.7. The molecule has 5 nitrogen and oxygen atoms in total. The molecule has 0 atom stereocenters. The van der Waals surface area contributed by atoms with Crippen molar-refractivity contribution < 1.29 is 19.1 Å². The summed E-state index contributed by atoms with van der Waals surface area (Å²) >= 11 is 0. The summed E-state index contributed by atoms with van der Waals surface area (Å²) in [6, 6.07) is 4.86. The molecule has 23 heavy (non-hydrogen) atoms. The Hall–Kier alpha value is -2.11. The maximum atomic E-state index is 13.9. The van der Waals surface area contributed by atoms with Crippen molar-refractivity contribution in [3.63, 3.8) is 0 Å². The fourth-order valence-corrected chi connectivity index (χ4v) is 3.01. The van der Waals surface area contributed by atoms with Crippen molar-refractivity contribution in [1.29, 1.82) is 0 Å². The van der Waals surface area contributed by atoms with Crippen molar-refractivity contribution in [3.05, 3.63) is 35.1 Å². The van der Waals surface area contributed by atoms with Gasteiger partial charge in [-0.05, 0) is 43.2 Å². The van der Waals surface area contributed by atoms with Gasteiger partial charge in [0.05, 0.1) is 5.92 Å². The zero-order valence-electron chi connectivity index (χ0n) is 12.9. The average molecular weight is 320 g/mol. The number of likely N-dealkylation sites (tertiary alicyclic amines) is 1. The highest BCUT2D eigenvalue weighted by Crippen LogP contribution is 2.40. The van der Waals surface area contributed by atoms with E-state index in [0.29, 0.717) is 37.4 Å². The summed E-state index contributed by atoms with van der Waals surface area (Å²) in [4.78, 5) is 24.6. The lowest BCUT2D eigenvalue weighted by atomic mass is 9.97. The second-order valence-electron chi connectivity index (χ2n) is 6.38. The number of amides is 2. The van der Waals surface area contributed by atoms with Gasteiger partial charge in [-0.1, -0.05) is 12.1 Å². The molecule has 3 rings (SSSR count). The molecule has 2 fully saturated rings. The molecule has 1 saturated heterocycles. The Morgan fingerprint density at radius 3 is 2.52 bits per heavy atom. The van der Waals surface area contributed by atoms with Gasteiger partial charge in [0, 0.05) is 25.2 Å². The van der Waals surface area contributed by atoms with Crippen LogP contribution in [0.5, 0.6) is 0 Å². The Balaban J connectivity index is 1.53. The van der Waals surface area contributed by atoms with E-state index in [4.69, 9.17) is 5.11 Å².